The summed E-state index contributed by atoms with van der Waals surface area (Å²) < 4.78 is 0. The fourth-order valence-electron chi connectivity index (χ4n) is 3.71. The van der Waals surface area contributed by atoms with E-state index in [0.29, 0.717) is 12.5 Å². The Balaban J connectivity index is 1.87. The number of rotatable bonds is 3. The molecular formula is C16H30N2O. The molecule has 2 N–H and O–H groups in total. The first-order chi connectivity index (χ1) is 9.11. The van der Waals surface area contributed by atoms with Crippen LogP contribution in [-0.2, 0) is 4.79 Å². The van der Waals surface area contributed by atoms with E-state index in [1.54, 1.807) is 0 Å². The lowest BCUT2D eigenvalue weighted by Gasteiger charge is -2.36. The normalized spacial score (nSPS) is 24.7. The van der Waals surface area contributed by atoms with Gasteiger partial charge in [0.05, 0.1) is 0 Å². The molecule has 2 aliphatic carbocycles. The summed E-state index contributed by atoms with van der Waals surface area (Å²) in [4.78, 5) is 14.5. The van der Waals surface area contributed by atoms with Crippen LogP contribution in [0.3, 0.4) is 0 Å². The molecule has 2 aliphatic rings. The van der Waals surface area contributed by atoms with E-state index in [-0.39, 0.29) is 11.4 Å². The number of carbonyl (C=O) groups is 1. The molecule has 2 fully saturated rings. The van der Waals surface area contributed by atoms with Crippen molar-refractivity contribution < 1.29 is 4.79 Å². The molecular weight excluding hydrogens is 236 g/mol. The topological polar surface area (TPSA) is 46.3 Å². The van der Waals surface area contributed by atoms with Crippen molar-refractivity contribution in [2.45, 2.75) is 88.6 Å². The van der Waals surface area contributed by atoms with Gasteiger partial charge >= 0.3 is 0 Å². The van der Waals surface area contributed by atoms with E-state index in [1.165, 1.54) is 57.8 Å². The highest BCUT2D eigenvalue weighted by Gasteiger charge is 2.32. The highest BCUT2D eigenvalue weighted by atomic mass is 16.2. The van der Waals surface area contributed by atoms with Crippen LogP contribution in [0.4, 0.5) is 0 Å². The van der Waals surface area contributed by atoms with Crippen LogP contribution in [0.25, 0.3) is 0 Å². The second-order valence-corrected chi connectivity index (χ2v) is 6.75. The largest absolute Gasteiger partial charge is 0.343 e. The van der Waals surface area contributed by atoms with E-state index in [2.05, 4.69) is 0 Å². The van der Waals surface area contributed by atoms with Gasteiger partial charge in [0.15, 0.2) is 0 Å². The summed E-state index contributed by atoms with van der Waals surface area (Å²) in [5.41, 5.74) is 6.20. The highest BCUT2D eigenvalue weighted by Crippen LogP contribution is 2.30. The SMILES string of the molecule is CN(C(=O)CC1(N)CCCCC1)C1CCCCCC1. The lowest BCUT2D eigenvalue weighted by Crippen LogP contribution is -2.48. The Hall–Kier alpha value is -0.570. The Kier molecular flexibility index (Phi) is 5.26. The zero-order valence-corrected chi connectivity index (χ0v) is 12.5. The van der Waals surface area contributed by atoms with Crippen molar-refractivity contribution in [2.75, 3.05) is 7.05 Å². The molecule has 0 spiro atoms. The first-order valence-corrected chi connectivity index (χ1v) is 8.15. The summed E-state index contributed by atoms with van der Waals surface area (Å²) in [6, 6.07) is 0.460. The van der Waals surface area contributed by atoms with Gasteiger partial charge in [0.25, 0.3) is 0 Å². The van der Waals surface area contributed by atoms with Crippen molar-refractivity contribution in [1.29, 1.82) is 0 Å². The van der Waals surface area contributed by atoms with E-state index >= 15 is 0 Å². The van der Waals surface area contributed by atoms with Gasteiger partial charge in [0.1, 0.15) is 0 Å². The van der Waals surface area contributed by atoms with Gasteiger partial charge in [0.2, 0.25) is 5.91 Å². The molecule has 0 heterocycles. The third-order valence-electron chi connectivity index (χ3n) is 5.12. The zero-order chi connectivity index (χ0) is 13.7. The second-order valence-electron chi connectivity index (χ2n) is 6.75. The van der Waals surface area contributed by atoms with Crippen molar-refractivity contribution in [3.05, 3.63) is 0 Å². The van der Waals surface area contributed by atoms with E-state index in [1.807, 2.05) is 11.9 Å². The minimum atomic E-state index is -0.214. The van der Waals surface area contributed by atoms with Gasteiger partial charge in [-0.3, -0.25) is 4.79 Å². The van der Waals surface area contributed by atoms with E-state index in [4.69, 9.17) is 5.73 Å². The van der Waals surface area contributed by atoms with Crippen LogP contribution in [-0.4, -0.2) is 29.4 Å². The molecule has 0 aliphatic heterocycles. The molecule has 2 saturated carbocycles. The lowest BCUT2D eigenvalue weighted by atomic mass is 9.80. The highest BCUT2D eigenvalue weighted by molar-refractivity contribution is 5.77. The summed E-state index contributed by atoms with van der Waals surface area (Å²) >= 11 is 0. The molecule has 3 nitrogen and oxygen atoms in total. The van der Waals surface area contributed by atoms with Crippen molar-refractivity contribution >= 4 is 5.91 Å². The fraction of sp³-hybridized carbons (Fsp3) is 0.938. The zero-order valence-electron chi connectivity index (χ0n) is 12.5. The summed E-state index contributed by atoms with van der Waals surface area (Å²) in [6.45, 7) is 0. The summed E-state index contributed by atoms with van der Waals surface area (Å²) in [7, 11) is 1.99. The Morgan fingerprint density at radius 1 is 1.05 bits per heavy atom. The Bertz CT molecular complexity index is 289. The number of nitrogens with zero attached hydrogens (tertiary/aromatic N) is 1. The molecule has 0 bridgehead atoms. The molecule has 0 saturated heterocycles. The van der Waals surface area contributed by atoms with Gasteiger partial charge < -0.3 is 10.6 Å². The van der Waals surface area contributed by atoms with Crippen molar-refractivity contribution in [2.24, 2.45) is 5.73 Å². The maximum Gasteiger partial charge on any atom is 0.224 e. The molecule has 2 rings (SSSR count). The molecule has 19 heavy (non-hydrogen) atoms. The van der Waals surface area contributed by atoms with Crippen LogP contribution in [0.15, 0.2) is 0 Å². The molecule has 0 aromatic carbocycles. The van der Waals surface area contributed by atoms with E-state index in [9.17, 15) is 4.79 Å². The summed E-state index contributed by atoms with van der Waals surface area (Å²) in [5, 5.41) is 0. The molecule has 0 unspecified atom stereocenters. The first kappa shape index (κ1) is 14.8. The van der Waals surface area contributed by atoms with Gasteiger partial charge in [-0.1, -0.05) is 44.9 Å². The standard InChI is InChI=1S/C16H30N2O/c1-18(14-9-5-2-3-6-10-14)15(19)13-16(17)11-7-4-8-12-16/h14H,2-13,17H2,1H3. The lowest BCUT2D eigenvalue weighted by molar-refractivity contribution is -0.133. The number of hydrogen-bond acceptors (Lipinski definition) is 2. The summed E-state index contributed by atoms with van der Waals surface area (Å²) in [5.74, 6) is 0.274. The van der Waals surface area contributed by atoms with Gasteiger partial charge in [-0.25, -0.2) is 0 Å². The van der Waals surface area contributed by atoms with Gasteiger partial charge in [-0.2, -0.15) is 0 Å². The van der Waals surface area contributed by atoms with Crippen molar-refractivity contribution in [3.8, 4) is 0 Å². The molecule has 110 valence electrons. The maximum absolute atomic E-state index is 12.5. The van der Waals surface area contributed by atoms with Crippen LogP contribution >= 0.6 is 0 Å². The van der Waals surface area contributed by atoms with Crippen molar-refractivity contribution in [1.82, 2.24) is 4.90 Å². The average molecular weight is 266 g/mol. The van der Waals surface area contributed by atoms with Crippen molar-refractivity contribution in [3.63, 3.8) is 0 Å². The third kappa shape index (κ3) is 4.20. The fourth-order valence-corrected chi connectivity index (χ4v) is 3.71. The monoisotopic (exact) mass is 266 g/mol. The predicted octanol–water partition coefficient (Wildman–Crippen LogP) is 3.22. The minimum absolute atomic E-state index is 0.214. The van der Waals surface area contributed by atoms with Crippen LogP contribution < -0.4 is 5.73 Å². The third-order valence-corrected chi connectivity index (χ3v) is 5.12. The Morgan fingerprint density at radius 2 is 1.58 bits per heavy atom. The number of amides is 1. The van der Waals surface area contributed by atoms with Gasteiger partial charge in [0, 0.05) is 25.0 Å². The Morgan fingerprint density at radius 3 is 2.16 bits per heavy atom. The van der Waals surface area contributed by atoms with Crippen LogP contribution in [0.2, 0.25) is 0 Å². The number of carbonyl (C=O) groups excluding carboxylic acids is 1. The number of hydrogen-bond donors (Lipinski definition) is 1. The van der Waals surface area contributed by atoms with Crippen LogP contribution in [0.1, 0.15) is 77.0 Å². The van der Waals surface area contributed by atoms with E-state index in [0.717, 1.165) is 12.8 Å². The smallest absolute Gasteiger partial charge is 0.224 e. The van der Waals surface area contributed by atoms with Gasteiger partial charge in [-0.05, 0) is 25.7 Å². The predicted molar refractivity (Wildman–Crippen MR) is 78.9 cm³/mol. The number of nitrogens with two attached hydrogens (primary N) is 1. The molecule has 3 heteroatoms. The molecule has 1 amide bonds. The second kappa shape index (κ2) is 6.74. The molecule has 0 aromatic rings. The molecule has 0 aromatic heterocycles. The molecule has 0 radical (unpaired) electrons. The first-order valence-electron chi connectivity index (χ1n) is 8.15. The average Bonchev–Trinajstić information content (AvgIpc) is 2.67. The summed E-state index contributed by atoms with van der Waals surface area (Å²) in [6.07, 6.45) is 13.8. The van der Waals surface area contributed by atoms with Crippen LogP contribution in [0, 0.1) is 0 Å². The quantitative estimate of drug-likeness (QED) is 0.797. The van der Waals surface area contributed by atoms with E-state index < -0.39 is 0 Å². The van der Waals surface area contributed by atoms with Gasteiger partial charge in [-0.15, -0.1) is 0 Å². The Labute approximate surface area is 117 Å². The molecule has 0 atom stereocenters. The maximum atomic E-state index is 12.5. The minimum Gasteiger partial charge on any atom is -0.343 e. The van der Waals surface area contributed by atoms with Crippen LogP contribution in [0.5, 0.6) is 0 Å².